The molecule has 0 amide bonds. The lowest BCUT2D eigenvalue weighted by atomic mass is 10.4. The van der Waals surface area contributed by atoms with Crippen LogP contribution < -0.4 is 4.74 Å². The maximum Gasteiger partial charge on any atom is 0.315 e. The van der Waals surface area contributed by atoms with E-state index >= 15 is 0 Å². The standard InChI is InChI=1S/C9H7ClFNO2/c10-6-3-7(11)8(12-4-6)14-9(13)5-1-2-5/h3-5H,1-2H2. The molecular weight excluding hydrogens is 209 g/mol. The van der Waals surface area contributed by atoms with Crippen molar-refractivity contribution in [1.29, 1.82) is 0 Å². The predicted octanol–water partition coefficient (Wildman–Crippen LogP) is 2.19. The third kappa shape index (κ3) is 2.01. The van der Waals surface area contributed by atoms with Gasteiger partial charge >= 0.3 is 5.97 Å². The molecule has 1 aromatic heterocycles. The number of aromatic nitrogens is 1. The van der Waals surface area contributed by atoms with Crippen molar-refractivity contribution in [3.63, 3.8) is 0 Å². The Bertz CT molecular complexity index is 379. The summed E-state index contributed by atoms with van der Waals surface area (Å²) in [6.45, 7) is 0. The number of ether oxygens (including phenoxy) is 1. The molecule has 1 aliphatic rings. The van der Waals surface area contributed by atoms with E-state index < -0.39 is 11.8 Å². The van der Waals surface area contributed by atoms with Crippen molar-refractivity contribution in [2.24, 2.45) is 5.92 Å². The van der Waals surface area contributed by atoms with Crippen molar-refractivity contribution in [2.45, 2.75) is 12.8 Å². The molecule has 1 aliphatic carbocycles. The van der Waals surface area contributed by atoms with E-state index in [0.717, 1.165) is 18.9 Å². The van der Waals surface area contributed by atoms with Crippen molar-refractivity contribution in [1.82, 2.24) is 4.98 Å². The van der Waals surface area contributed by atoms with Gasteiger partial charge in [-0.2, -0.15) is 0 Å². The largest absolute Gasteiger partial charge is 0.404 e. The van der Waals surface area contributed by atoms with Gasteiger partial charge in [-0.05, 0) is 18.9 Å². The fourth-order valence-electron chi connectivity index (χ4n) is 0.975. The van der Waals surface area contributed by atoms with Crippen LogP contribution in [0.3, 0.4) is 0 Å². The van der Waals surface area contributed by atoms with E-state index in [4.69, 9.17) is 16.3 Å². The average molecular weight is 216 g/mol. The third-order valence-corrected chi connectivity index (χ3v) is 2.09. The Morgan fingerprint density at radius 1 is 1.64 bits per heavy atom. The van der Waals surface area contributed by atoms with E-state index in [0.29, 0.717) is 0 Å². The molecule has 0 spiro atoms. The van der Waals surface area contributed by atoms with Crippen LogP contribution in [0.5, 0.6) is 5.88 Å². The smallest absolute Gasteiger partial charge is 0.315 e. The van der Waals surface area contributed by atoms with Gasteiger partial charge in [0, 0.05) is 6.20 Å². The number of carbonyl (C=O) groups excluding carboxylic acids is 1. The maximum absolute atomic E-state index is 13.1. The zero-order valence-corrected chi connectivity index (χ0v) is 7.92. The minimum Gasteiger partial charge on any atom is -0.404 e. The highest BCUT2D eigenvalue weighted by Gasteiger charge is 2.32. The van der Waals surface area contributed by atoms with Crippen molar-refractivity contribution < 1.29 is 13.9 Å². The van der Waals surface area contributed by atoms with E-state index in [9.17, 15) is 9.18 Å². The van der Waals surface area contributed by atoms with Crippen LogP contribution in [0, 0.1) is 11.7 Å². The molecule has 1 fully saturated rings. The molecule has 5 heteroatoms. The van der Waals surface area contributed by atoms with E-state index in [2.05, 4.69) is 4.98 Å². The summed E-state index contributed by atoms with van der Waals surface area (Å²) in [6.07, 6.45) is 2.86. The lowest BCUT2D eigenvalue weighted by Gasteiger charge is -2.02. The van der Waals surface area contributed by atoms with Crippen molar-refractivity contribution in [3.05, 3.63) is 23.1 Å². The highest BCUT2D eigenvalue weighted by Crippen LogP contribution is 2.31. The van der Waals surface area contributed by atoms with Gasteiger partial charge in [-0.15, -0.1) is 0 Å². The first-order chi connectivity index (χ1) is 6.66. The van der Waals surface area contributed by atoms with E-state index in [1.807, 2.05) is 0 Å². The average Bonchev–Trinajstić information content (AvgIpc) is 2.92. The second kappa shape index (κ2) is 3.53. The van der Waals surface area contributed by atoms with Crippen LogP contribution in [0.2, 0.25) is 5.02 Å². The van der Waals surface area contributed by atoms with Crippen LogP contribution in [0.25, 0.3) is 0 Å². The van der Waals surface area contributed by atoms with E-state index in [1.54, 1.807) is 0 Å². The topological polar surface area (TPSA) is 39.2 Å². The molecule has 0 N–H and O–H groups in total. The molecule has 74 valence electrons. The van der Waals surface area contributed by atoms with Gasteiger partial charge in [0.25, 0.3) is 5.88 Å². The number of hydrogen-bond acceptors (Lipinski definition) is 3. The molecule has 0 unspecified atom stereocenters. The minimum atomic E-state index is -0.716. The van der Waals surface area contributed by atoms with E-state index in [-0.39, 0.29) is 16.8 Å². The molecule has 0 atom stereocenters. The lowest BCUT2D eigenvalue weighted by Crippen LogP contribution is -2.11. The molecule has 1 aromatic rings. The summed E-state index contributed by atoms with van der Waals surface area (Å²) in [5, 5.41) is 0.175. The normalized spacial score (nSPS) is 15.3. The monoisotopic (exact) mass is 215 g/mol. The first kappa shape index (κ1) is 9.40. The maximum atomic E-state index is 13.1. The summed E-state index contributed by atoms with van der Waals surface area (Å²) >= 11 is 5.49. The van der Waals surface area contributed by atoms with Gasteiger partial charge in [0.1, 0.15) is 0 Å². The number of carbonyl (C=O) groups is 1. The Morgan fingerprint density at radius 2 is 2.36 bits per heavy atom. The van der Waals surface area contributed by atoms with Crippen LogP contribution in [-0.4, -0.2) is 11.0 Å². The number of esters is 1. The molecular formula is C9H7ClFNO2. The summed E-state index contributed by atoms with van der Waals surface area (Å²) in [4.78, 5) is 14.7. The van der Waals surface area contributed by atoms with E-state index in [1.165, 1.54) is 6.20 Å². The van der Waals surface area contributed by atoms with Gasteiger partial charge in [0.2, 0.25) is 0 Å². The molecule has 2 rings (SSSR count). The zero-order valence-electron chi connectivity index (χ0n) is 7.17. The highest BCUT2D eigenvalue weighted by atomic mass is 35.5. The molecule has 1 heterocycles. The second-order valence-corrected chi connectivity index (χ2v) is 3.57. The predicted molar refractivity (Wildman–Crippen MR) is 47.6 cm³/mol. The van der Waals surface area contributed by atoms with Crippen molar-refractivity contribution in [2.75, 3.05) is 0 Å². The molecule has 0 bridgehead atoms. The number of pyridine rings is 1. The molecule has 1 saturated carbocycles. The first-order valence-electron chi connectivity index (χ1n) is 4.19. The second-order valence-electron chi connectivity index (χ2n) is 3.14. The highest BCUT2D eigenvalue weighted by molar-refractivity contribution is 6.30. The fraction of sp³-hybridized carbons (Fsp3) is 0.333. The van der Waals surface area contributed by atoms with Crippen molar-refractivity contribution in [3.8, 4) is 5.88 Å². The van der Waals surface area contributed by atoms with Crippen molar-refractivity contribution >= 4 is 17.6 Å². The van der Waals surface area contributed by atoms with Crippen LogP contribution in [-0.2, 0) is 4.79 Å². The van der Waals surface area contributed by atoms with Gasteiger partial charge in [0.05, 0.1) is 10.9 Å². The summed E-state index contributed by atoms with van der Waals surface area (Å²) in [6, 6.07) is 1.06. The molecule has 0 aliphatic heterocycles. The summed E-state index contributed by atoms with van der Waals surface area (Å²) in [5.41, 5.74) is 0. The quantitative estimate of drug-likeness (QED) is 0.710. The number of halogens is 2. The Kier molecular flexibility index (Phi) is 2.37. The summed E-state index contributed by atoms with van der Waals surface area (Å²) in [5.74, 6) is -1.51. The van der Waals surface area contributed by atoms with Gasteiger partial charge in [0.15, 0.2) is 5.82 Å². The number of rotatable bonds is 2. The summed E-state index contributed by atoms with van der Waals surface area (Å²) in [7, 11) is 0. The molecule has 0 radical (unpaired) electrons. The van der Waals surface area contributed by atoms with Crippen LogP contribution in [0.1, 0.15) is 12.8 Å². The molecule has 14 heavy (non-hydrogen) atoms. The van der Waals surface area contributed by atoms with Gasteiger partial charge in [-0.3, -0.25) is 4.79 Å². The lowest BCUT2D eigenvalue weighted by molar-refractivity contribution is -0.136. The Hall–Kier alpha value is -1.16. The SMILES string of the molecule is O=C(Oc1ncc(Cl)cc1F)C1CC1. The molecule has 0 saturated heterocycles. The van der Waals surface area contributed by atoms with Crippen LogP contribution in [0.4, 0.5) is 4.39 Å². The Labute approximate surface area is 84.8 Å². The first-order valence-corrected chi connectivity index (χ1v) is 4.57. The van der Waals surface area contributed by atoms with Gasteiger partial charge in [-0.25, -0.2) is 9.37 Å². The minimum absolute atomic E-state index is 0.0770. The van der Waals surface area contributed by atoms with Crippen LogP contribution >= 0.6 is 11.6 Å². The van der Waals surface area contributed by atoms with Gasteiger partial charge in [-0.1, -0.05) is 11.6 Å². The van der Waals surface area contributed by atoms with Crippen LogP contribution in [0.15, 0.2) is 12.3 Å². The summed E-state index contributed by atoms with van der Waals surface area (Å²) < 4.78 is 17.8. The fourth-order valence-corrected chi connectivity index (χ4v) is 1.12. The number of nitrogens with zero attached hydrogens (tertiary/aromatic N) is 1. The third-order valence-electron chi connectivity index (χ3n) is 1.88. The zero-order chi connectivity index (χ0) is 10.1. The Balaban J connectivity index is 2.11. The Morgan fingerprint density at radius 3 is 2.93 bits per heavy atom. The molecule has 0 aromatic carbocycles. The van der Waals surface area contributed by atoms with Gasteiger partial charge < -0.3 is 4.74 Å². The molecule has 3 nitrogen and oxygen atoms in total. The number of hydrogen-bond donors (Lipinski definition) is 0.